The molecule has 0 saturated carbocycles. The molecule has 0 aliphatic rings. The lowest BCUT2D eigenvalue weighted by Crippen LogP contribution is -2.18. The van der Waals surface area contributed by atoms with Crippen LogP contribution in [-0.4, -0.2) is 32.9 Å². The Morgan fingerprint density at radius 2 is 2.11 bits per heavy atom. The second-order valence-corrected chi connectivity index (χ2v) is 8.15. The number of aromatic amines is 1. The van der Waals surface area contributed by atoms with E-state index in [0.717, 1.165) is 19.9 Å². The van der Waals surface area contributed by atoms with E-state index in [1.54, 1.807) is 17.4 Å². The van der Waals surface area contributed by atoms with E-state index in [0.29, 0.717) is 17.5 Å². The number of nitrogens with one attached hydrogen (secondary N) is 2. The van der Waals surface area contributed by atoms with Crippen LogP contribution in [0.3, 0.4) is 0 Å². The van der Waals surface area contributed by atoms with Gasteiger partial charge in [-0.25, -0.2) is 0 Å². The summed E-state index contributed by atoms with van der Waals surface area (Å²) in [5, 5.41) is 13.6. The third kappa shape index (κ3) is 4.53. The van der Waals surface area contributed by atoms with Crippen LogP contribution in [0.25, 0.3) is 22.0 Å². The Bertz CT molecular complexity index is 1080. The SMILES string of the molecule is O=C(COCc1nc(-c2ccccc2)no1)Nc1cc(-c2ccc(Br)s2)[nH]n1. The maximum absolute atomic E-state index is 12.0. The van der Waals surface area contributed by atoms with Crippen molar-refractivity contribution in [1.29, 1.82) is 0 Å². The van der Waals surface area contributed by atoms with E-state index >= 15 is 0 Å². The van der Waals surface area contributed by atoms with Crippen molar-refractivity contribution in [3.8, 4) is 22.0 Å². The molecule has 0 aliphatic carbocycles. The number of nitrogens with zero attached hydrogens (tertiary/aromatic N) is 3. The molecule has 0 spiro atoms. The number of aromatic nitrogens is 4. The summed E-state index contributed by atoms with van der Waals surface area (Å²) in [4.78, 5) is 17.3. The Morgan fingerprint density at radius 3 is 2.89 bits per heavy atom. The van der Waals surface area contributed by atoms with Gasteiger partial charge in [0, 0.05) is 11.6 Å². The van der Waals surface area contributed by atoms with E-state index in [2.05, 4.69) is 41.6 Å². The predicted molar refractivity (Wildman–Crippen MR) is 108 cm³/mol. The number of carbonyl (C=O) groups is 1. The molecule has 4 aromatic rings. The lowest BCUT2D eigenvalue weighted by Gasteiger charge is -2.01. The first-order chi connectivity index (χ1) is 13.7. The van der Waals surface area contributed by atoms with Crippen LogP contribution in [0.1, 0.15) is 5.89 Å². The van der Waals surface area contributed by atoms with Crippen LogP contribution in [0.5, 0.6) is 0 Å². The van der Waals surface area contributed by atoms with E-state index in [1.807, 2.05) is 42.5 Å². The zero-order chi connectivity index (χ0) is 19.3. The Hall–Kier alpha value is -2.82. The number of anilines is 1. The summed E-state index contributed by atoms with van der Waals surface area (Å²) in [6.07, 6.45) is 0. The second-order valence-electron chi connectivity index (χ2n) is 5.69. The van der Waals surface area contributed by atoms with E-state index in [-0.39, 0.29) is 19.1 Å². The van der Waals surface area contributed by atoms with Gasteiger partial charge in [0.25, 0.3) is 11.8 Å². The molecule has 3 heterocycles. The molecule has 0 fully saturated rings. The quantitative estimate of drug-likeness (QED) is 0.430. The summed E-state index contributed by atoms with van der Waals surface area (Å²) in [6.45, 7) is -0.113. The molecule has 0 bridgehead atoms. The molecule has 3 aromatic heterocycles. The topological polar surface area (TPSA) is 106 Å². The number of halogens is 1. The molecule has 10 heteroatoms. The summed E-state index contributed by atoms with van der Waals surface area (Å²) in [5.41, 5.74) is 1.67. The molecular formula is C18H14BrN5O3S. The first-order valence-corrected chi connectivity index (χ1v) is 9.85. The minimum atomic E-state index is -0.326. The fourth-order valence-corrected chi connectivity index (χ4v) is 3.75. The second kappa shape index (κ2) is 8.46. The van der Waals surface area contributed by atoms with Gasteiger partial charge in [-0.2, -0.15) is 10.1 Å². The number of hydrogen-bond donors (Lipinski definition) is 2. The van der Waals surface area contributed by atoms with Crippen molar-refractivity contribution in [2.75, 3.05) is 11.9 Å². The molecule has 8 nitrogen and oxygen atoms in total. The first kappa shape index (κ1) is 18.5. The van der Waals surface area contributed by atoms with Crippen molar-refractivity contribution < 1.29 is 14.1 Å². The lowest BCUT2D eigenvalue weighted by atomic mass is 10.2. The fraction of sp³-hybridized carbons (Fsp3) is 0.111. The van der Waals surface area contributed by atoms with Crippen LogP contribution >= 0.6 is 27.3 Å². The molecule has 28 heavy (non-hydrogen) atoms. The zero-order valence-corrected chi connectivity index (χ0v) is 16.8. The average Bonchev–Trinajstić information content (AvgIpc) is 3.44. The van der Waals surface area contributed by atoms with Crippen molar-refractivity contribution in [2.24, 2.45) is 0 Å². The van der Waals surface area contributed by atoms with Gasteiger partial charge in [-0.05, 0) is 28.1 Å². The lowest BCUT2D eigenvalue weighted by molar-refractivity contribution is -0.121. The zero-order valence-electron chi connectivity index (χ0n) is 14.4. The summed E-state index contributed by atoms with van der Waals surface area (Å²) in [7, 11) is 0. The van der Waals surface area contributed by atoms with Crippen molar-refractivity contribution in [3.05, 3.63) is 58.2 Å². The number of carbonyl (C=O) groups excluding carboxylic acids is 1. The summed E-state index contributed by atoms with van der Waals surface area (Å²) >= 11 is 4.99. The molecule has 1 aromatic carbocycles. The van der Waals surface area contributed by atoms with Crippen molar-refractivity contribution in [2.45, 2.75) is 6.61 Å². The highest BCUT2D eigenvalue weighted by molar-refractivity contribution is 9.11. The molecule has 0 aliphatic heterocycles. The van der Waals surface area contributed by atoms with Crippen LogP contribution in [0, 0.1) is 0 Å². The maximum Gasteiger partial charge on any atom is 0.252 e. The first-order valence-electron chi connectivity index (χ1n) is 8.24. The largest absolute Gasteiger partial charge is 0.362 e. The van der Waals surface area contributed by atoms with Crippen molar-refractivity contribution in [3.63, 3.8) is 0 Å². The monoisotopic (exact) mass is 459 g/mol. The molecule has 0 atom stereocenters. The number of hydrogen-bond acceptors (Lipinski definition) is 7. The number of thiophene rings is 1. The number of benzene rings is 1. The molecular weight excluding hydrogens is 446 g/mol. The van der Waals surface area contributed by atoms with Crippen LogP contribution in [0.2, 0.25) is 0 Å². The smallest absolute Gasteiger partial charge is 0.252 e. The Morgan fingerprint density at radius 1 is 1.25 bits per heavy atom. The Balaban J connectivity index is 1.26. The molecule has 0 saturated heterocycles. The van der Waals surface area contributed by atoms with Gasteiger partial charge in [-0.1, -0.05) is 35.5 Å². The van der Waals surface area contributed by atoms with E-state index in [1.165, 1.54) is 0 Å². The average molecular weight is 460 g/mol. The number of rotatable bonds is 7. The van der Waals surface area contributed by atoms with Crippen molar-refractivity contribution >= 4 is 39.0 Å². The van der Waals surface area contributed by atoms with Gasteiger partial charge < -0.3 is 14.6 Å². The maximum atomic E-state index is 12.0. The molecule has 142 valence electrons. The van der Waals surface area contributed by atoms with E-state index < -0.39 is 0 Å². The third-order valence-corrected chi connectivity index (χ3v) is 5.30. The molecule has 0 radical (unpaired) electrons. The van der Waals surface area contributed by atoms with Gasteiger partial charge in [0.1, 0.15) is 13.2 Å². The Labute approximate surface area is 172 Å². The third-order valence-electron chi connectivity index (χ3n) is 3.64. The highest BCUT2D eigenvalue weighted by atomic mass is 79.9. The predicted octanol–water partition coefficient (Wildman–Crippen LogP) is 4.11. The van der Waals surface area contributed by atoms with Crippen LogP contribution in [-0.2, 0) is 16.1 Å². The van der Waals surface area contributed by atoms with Crippen LogP contribution in [0.15, 0.2) is 56.8 Å². The Kier molecular flexibility index (Phi) is 5.60. The van der Waals surface area contributed by atoms with Gasteiger partial charge in [-0.3, -0.25) is 9.89 Å². The summed E-state index contributed by atoms with van der Waals surface area (Å²) in [5.74, 6) is 0.885. The fourth-order valence-electron chi connectivity index (χ4n) is 2.40. The number of amides is 1. The minimum Gasteiger partial charge on any atom is -0.362 e. The van der Waals surface area contributed by atoms with Gasteiger partial charge in [0.05, 0.1) is 14.4 Å². The molecule has 1 amide bonds. The number of H-pyrrole nitrogens is 1. The van der Waals surface area contributed by atoms with Gasteiger partial charge >= 0.3 is 0 Å². The van der Waals surface area contributed by atoms with Crippen molar-refractivity contribution in [1.82, 2.24) is 20.3 Å². The standard InChI is InChI=1S/C18H14BrN5O3S/c19-14-7-6-13(28-14)12-8-15(23-22-12)20-16(25)9-26-10-17-21-18(24-27-17)11-4-2-1-3-5-11/h1-8H,9-10H2,(H2,20,22,23,25). The molecule has 2 N–H and O–H groups in total. The summed E-state index contributed by atoms with van der Waals surface area (Å²) < 4.78 is 11.5. The normalized spacial score (nSPS) is 10.9. The van der Waals surface area contributed by atoms with Crippen LogP contribution < -0.4 is 5.32 Å². The van der Waals surface area contributed by atoms with E-state index in [9.17, 15) is 4.79 Å². The van der Waals surface area contributed by atoms with E-state index in [4.69, 9.17) is 9.26 Å². The van der Waals surface area contributed by atoms with Gasteiger partial charge in [0.15, 0.2) is 5.82 Å². The van der Waals surface area contributed by atoms with Crippen LogP contribution in [0.4, 0.5) is 5.82 Å². The molecule has 0 unspecified atom stereocenters. The minimum absolute atomic E-state index is 0.0439. The number of ether oxygens (including phenoxy) is 1. The highest BCUT2D eigenvalue weighted by Gasteiger charge is 2.11. The molecule has 4 rings (SSSR count). The van der Waals surface area contributed by atoms with Gasteiger partial charge in [0.2, 0.25) is 5.82 Å². The summed E-state index contributed by atoms with van der Waals surface area (Å²) in [6, 6.07) is 15.1. The van der Waals surface area contributed by atoms with Gasteiger partial charge in [-0.15, -0.1) is 11.3 Å². The highest BCUT2D eigenvalue weighted by Crippen LogP contribution is 2.30.